The predicted octanol–water partition coefficient (Wildman–Crippen LogP) is 0.915. The lowest BCUT2D eigenvalue weighted by Crippen LogP contribution is -2.56. The third-order valence-corrected chi connectivity index (χ3v) is 6.75. The maximum atomic E-state index is 12.7. The van der Waals surface area contributed by atoms with Gasteiger partial charge >= 0.3 is 0 Å². The number of methoxy groups -OCH3 is 1. The topological polar surface area (TPSA) is 65.6 Å². The van der Waals surface area contributed by atoms with E-state index in [1.807, 2.05) is 28.0 Å². The van der Waals surface area contributed by atoms with E-state index in [2.05, 4.69) is 9.80 Å². The molecule has 0 bridgehead atoms. The van der Waals surface area contributed by atoms with Crippen molar-refractivity contribution in [2.45, 2.75) is 25.3 Å². The fourth-order valence-corrected chi connectivity index (χ4v) is 4.46. The molecule has 1 saturated carbocycles. The predicted molar refractivity (Wildman–Crippen MR) is 117 cm³/mol. The molecule has 2 heterocycles. The molecule has 1 aliphatic carbocycles. The Balaban J connectivity index is 1.14. The molecule has 8 nitrogen and oxygen atoms in total. The SMILES string of the molecule is COc1cccc(OCC(=O)N2CCN(CC(=O)N3CCN(C4CCC4)CC3)CC2)c1. The lowest BCUT2D eigenvalue weighted by Gasteiger charge is -2.43. The molecule has 8 heteroatoms. The van der Waals surface area contributed by atoms with E-state index in [0.717, 1.165) is 45.3 Å². The zero-order valence-electron chi connectivity index (χ0n) is 18.5. The first kappa shape index (κ1) is 21.9. The molecular formula is C23H34N4O4. The highest BCUT2D eigenvalue weighted by Crippen LogP contribution is 2.25. The number of amides is 2. The highest BCUT2D eigenvalue weighted by molar-refractivity contribution is 5.79. The Kier molecular flexibility index (Phi) is 7.29. The molecule has 3 aliphatic rings. The Bertz CT molecular complexity index is 754. The fourth-order valence-electron chi connectivity index (χ4n) is 4.46. The molecule has 2 amide bonds. The Hall–Kier alpha value is -2.32. The van der Waals surface area contributed by atoms with Crippen LogP contribution in [0.1, 0.15) is 19.3 Å². The van der Waals surface area contributed by atoms with Crippen LogP contribution in [0.15, 0.2) is 24.3 Å². The number of carbonyl (C=O) groups is 2. The Morgan fingerprint density at radius 3 is 2.19 bits per heavy atom. The van der Waals surface area contributed by atoms with Crippen LogP contribution in [0.2, 0.25) is 0 Å². The minimum absolute atomic E-state index is 0.0113. The van der Waals surface area contributed by atoms with Gasteiger partial charge in [0.25, 0.3) is 5.91 Å². The van der Waals surface area contributed by atoms with Gasteiger partial charge in [-0.1, -0.05) is 12.5 Å². The fraction of sp³-hybridized carbons (Fsp3) is 0.652. The van der Waals surface area contributed by atoms with E-state index < -0.39 is 0 Å². The summed E-state index contributed by atoms with van der Waals surface area (Å²) in [6, 6.07) is 8.01. The van der Waals surface area contributed by atoms with E-state index in [4.69, 9.17) is 9.47 Å². The first-order chi connectivity index (χ1) is 15.1. The van der Waals surface area contributed by atoms with Gasteiger partial charge in [-0.25, -0.2) is 0 Å². The molecule has 3 fully saturated rings. The molecular weight excluding hydrogens is 396 g/mol. The second-order valence-electron chi connectivity index (χ2n) is 8.63. The maximum absolute atomic E-state index is 12.7. The van der Waals surface area contributed by atoms with Crippen molar-refractivity contribution in [3.63, 3.8) is 0 Å². The van der Waals surface area contributed by atoms with Crippen LogP contribution in [-0.4, -0.2) is 110 Å². The van der Waals surface area contributed by atoms with E-state index in [1.54, 1.807) is 13.2 Å². The molecule has 170 valence electrons. The summed E-state index contributed by atoms with van der Waals surface area (Å²) >= 11 is 0. The number of hydrogen-bond acceptors (Lipinski definition) is 6. The van der Waals surface area contributed by atoms with Crippen molar-refractivity contribution >= 4 is 11.8 Å². The summed E-state index contributed by atoms with van der Waals surface area (Å²) in [5.74, 6) is 1.51. The van der Waals surface area contributed by atoms with Crippen molar-refractivity contribution in [1.82, 2.24) is 19.6 Å². The quantitative estimate of drug-likeness (QED) is 0.641. The van der Waals surface area contributed by atoms with Gasteiger partial charge in [-0.15, -0.1) is 0 Å². The number of ether oxygens (including phenoxy) is 2. The van der Waals surface area contributed by atoms with E-state index in [-0.39, 0.29) is 18.4 Å². The average Bonchev–Trinajstić information content (AvgIpc) is 2.77. The first-order valence-electron chi connectivity index (χ1n) is 11.4. The highest BCUT2D eigenvalue weighted by atomic mass is 16.5. The van der Waals surface area contributed by atoms with Crippen molar-refractivity contribution in [3.8, 4) is 11.5 Å². The van der Waals surface area contributed by atoms with Crippen LogP contribution in [0.4, 0.5) is 0 Å². The van der Waals surface area contributed by atoms with Crippen LogP contribution in [0.25, 0.3) is 0 Å². The third-order valence-electron chi connectivity index (χ3n) is 6.75. The average molecular weight is 431 g/mol. The number of carbonyl (C=O) groups excluding carboxylic acids is 2. The molecule has 0 atom stereocenters. The lowest BCUT2D eigenvalue weighted by molar-refractivity contribution is -0.137. The lowest BCUT2D eigenvalue weighted by atomic mass is 9.91. The van der Waals surface area contributed by atoms with E-state index >= 15 is 0 Å². The van der Waals surface area contributed by atoms with Crippen molar-refractivity contribution in [2.24, 2.45) is 0 Å². The number of rotatable bonds is 7. The third kappa shape index (κ3) is 5.68. The Labute approximate surface area is 184 Å². The molecule has 2 saturated heterocycles. The maximum Gasteiger partial charge on any atom is 0.260 e. The summed E-state index contributed by atoms with van der Waals surface area (Å²) in [5.41, 5.74) is 0. The van der Waals surface area contributed by atoms with Gasteiger partial charge < -0.3 is 19.3 Å². The van der Waals surface area contributed by atoms with E-state index in [0.29, 0.717) is 31.1 Å². The van der Waals surface area contributed by atoms with Gasteiger partial charge in [-0.3, -0.25) is 19.4 Å². The molecule has 4 rings (SSSR count). The summed E-state index contributed by atoms with van der Waals surface area (Å²) in [6.07, 6.45) is 3.99. The van der Waals surface area contributed by atoms with Crippen molar-refractivity contribution < 1.29 is 19.1 Å². The Morgan fingerprint density at radius 2 is 1.55 bits per heavy atom. The minimum atomic E-state index is -0.0269. The van der Waals surface area contributed by atoms with Gasteiger partial charge in [-0.2, -0.15) is 0 Å². The highest BCUT2D eigenvalue weighted by Gasteiger charge is 2.30. The number of piperazine rings is 2. The second kappa shape index (κ2) is 10.3. The molecule has 1 aromatic carbocycles. The van der Waals surface area contributed by atoms with Gasteiger partial charge in [0, 0.05) is 64.5 Å². The summed E-state index contributed by atoms with van der Waals surface area (Å²) < 4.78 is 10.8. The second-order valence-corrected chi connectivity index (χ2v) is 8.63. The zero-order chi connectivity index (χ0) is 21.6. The normalized spacial score (nSPS) is 20.9. The van der Waals surface area contributed by atoms with Gasteiger partial charge in [0.05, 0.1) is 13.7 Å². The molecule has 0 N–H and O–H groups in total. The Morgan fingerprint density at radius 1 is 0.903 bits per heavy atom. The van der Waals surface area contributed by atoms with Crippen molar-refractivity contribution in [3.05, 3.63) is 24.3 Å². The van der Waals surface area contributed by atoms with Crippen LogP contribution in [-0.2, 0) is 9.59 Å². The van der Waals surface area contributed by atoms with Crippen molar-refractivity contribution in [1.29, 1.82) is 0 Å². The van der Waals surface area contributed by atoms with E-state index in [1.165, 1.54) is 19.3 Å². The molecule has 0 aromatic heterocycles. The van der Waals surface area contributed by atoms with Crippen LogP contribution < -0.4 is 9.47 Å². The molecule has 0 unspecified atom stereocenters. The van der Waals surface area contributed by atoms with Crippen LogP contribution in [0.3, 0.4) is 0 Å². The van der Waals surface area contributed by atoms with Gasteiger partial charge in [0.1, 0.15) is 11.5 Å². The minimum Gasteiger partial charge on any atom is -0.497 e. The van der Waals surface area contributed by atoms with Gasteiger partial charge in [-0.05, 0) is 25.0 Å². The summed E-state index contributed by atoms with van der Waals surface area (Å²) in [4.78, 5) is 33.7. The summed E-state index contributed by atoms with van der Waals surface area (Å²) in [7, 11) is 1.60. The van der Waals surface area contributed by atoms with Gasteiger partial charge in [0.15, 0.2) is 6.61 Å². The molecule has 0 radical (unpaired) electrons. The molecule has 1 aromatic rings. The number of benzene rings is 1. The van der Waals surface area contributed by atoms with Crippen LogP contribution >= 0.6 is 0 Å². The monoisotopic (exact) mass is 430 g/mol. The zero-order valence-corrected chi connectivity index (χ0v) is 18.5. The van der Waals surface area contributed by atoms with Crippen LogP contribution in [0.5, 0.6) is 11.5 Å². The molecule has 31 heavy (non-hydrogen) atoms. The van der Waals surface area contributed by atoms with Crippen molar-refractivity contribution in [2.75, 3.05) is 72.6 Å². The number of hydrogen-bond donors (Lipinski definition) is 0. The summed E-state index contributed by atoms with van der Waals surface area (Å²) in [6.45, 7) is 6.86. The standard InChI is InChI=1S/C23H34N4O4/c1-30-20-6-3-7-21(16-20)31-18-23(29)27-10-8-24(9-11-27)17-22(28)26-14-12-25(13-15-26)19-4-2-5-19/h3,6-7,16,19H,2,4-5,8-15,17-18H2,1H3. The molecule has 2 aliphatic heterocycles. The van der Waals surface area contributed by atoms with E-state index in [9.17, 15) is 9.59 Å². The molecule has 0 spiro atoms. The smallest absolute Gasteiger partial charge is 0.260 e. The summed E-state index contributed by atoms with van der Waals surface area (Å²) in [5, 5.41) is 0. The van der Waals surface area contributed by atoms with Crippen LogP contribution in [0, 0.1) is 0 Å². The number of nitrogens with zero attached hydrogens (tertiary/aromatic N) is 4. The first-order valence-corrected chi connectivity index (χ1v) is 11.4. The largest absolute Gasteiger partial charge is 0.497 e. The van der Waals surface area contributed by atoms with Gasteiger partial charge in [0.2, 0.25) is 5.91 Å².